The molecule has 0 aliphatic carbocycles. The molecular formula is C24H20N2O5S. The van der Waals surface area contributed by atoms with Crippen molar-refractivity contribution < 1.29 is 18.7 Å². The van der Waals surface area contributed by atoms with E-state index in [1.165, 1.54) is 17.4 Å². The molecule has 1 N–H and O–H groups in total. The molecule has 0 atom stereocenters. The van der Waals surface area contributed by atoms with E-state index in [-0.39, 0.29) is 22.0 Å². The van der Waals surface area contributed by atoms with Crippen LogP contribution in [0.3, 0.4) is 0 Å². The van der Waals surface area contributed by atoms with Crippen molar-refractivity contribution in [2.45, 2.75) is 20.8 Å². The summed E-state index contributed by atoms with van der Waals surface area (Å²) in [7, 11) is 0. The quantitative estimate of drug-likeness (QED) is 0.447. The van der Waals surface area contributed by atoms with Crippen molar-refractivity contribution in [2.75, 3.05) is 11.9 Å². The van der Waals surface area contributed by atoms with E-state index >= 15 is 0 Å². The number of hydrogen-bond acceptors (Lipinski definition) is 7. The van der Waals surface area contributed by atoms with Gasteiger partial charge in [0.25, 0.3) is 5.91 Å². The number of para-hydroxylation sites is 1. The minimum absolute atomic E-state index is 0.0746. The van der Waals surface area contributed by atoms with Crippen molar-refractivity contribution in [3.05, 3.63) is 80.5 Å². The van der Waals surface area contributed by atoms with Crippen LogP contribution in [-0.2, 0) is 9.53 Å². The zero-order valence-electron chi connectivity index (χ0n) is 17.7. The van der Waals surface area contributed by atoms with Gasteiger partial charge in [0.05, 0.1) is 11.1 Å². The van der Waals surface area contributed by atoms with Gasteiger partial charge < -0.3 is 9.15 Å². The number of hydrogen-bond donors (Lipinski definition) is 1. The lowest BCUT2D eigenvalue weighted by atomic mass is 10.0. The third kappa shape index (κ3) is 4.17. The number of carbonyl (C=O) groups excluding carboxylic acids is 2. The second-order valence-corrected chi connectivity index (χ2v) is 8.42. The molecule has 7 nitrogen and oxygen atoms in total. The number of anilines is 1. The van der Waals surface area contributed by atoms with E-state index in [0.717, 1.165) is 16.1 Å². The standard InChI is InChI=1S/C24H20N2O5S/c1-13-20(28)17-10-7-11-18(22(17)31-21(13)16-8-5-4-6-9-16)23(29)30-12-19(27)26-24-25-14(2)15(3)32-24/h4-11H,12H2,1-3H3,(H,25,26,27). The van der Waals surface area contributed by atoms with Crippen molar-refractivity contribution in [3.63, 3.8) is 0 Å². The second kappa shape index (κ2) is 8.76. The lowest BCUT2D eigenvalue weighted by molar-refractivity contribution is -0.119. The summed E-state index contributed by atoms with van der Waals surface area (Å²) < 4.78 is 11.2. The highest BCUT2D eigenvalue weighted by Gasteiger charge is 2.20. The fraction of sp³-hybridized carbons (Fsp3) is 0.167. The summed E-state index contributed by atoms with van der Waals surface area (Å²) >= 11 is 1.34. The Bertz CT molecular complexity index is 1370. The van der Waals surface area contributed by atoms with Crippen molar-refractivity contribution in [3.8, 4) is 11.3 Å². The van der Waals surface area contributed by atoms with Crippen LogP contribution in [0.25, 0.3) is 22.3 Å². The van der Waals surface area contributed by atoms with Gasteiger partial charge in [-0.05, 0) is 32.9 Å². The molecule has 0 radical (unpaired) electrons. The molecule has 1 amide bonds. The fourth-order valence-corrected chi connectivity index (χ4v) is 4.06. The van der Waals surface area contributed by atoms with E-state index in [0.29, 0.717) is 16.5 Å². The topological polar surface area (TPSA) is 98.5 Å². The number of fused-ring (bicyclic) bond motifs is 1. The smallest absolute Gasteiger partial charge is 0.342 e. The molecule has 2 aromatic carbocycles. The number of ether oxygens (including phenoxy) is 1. The summed E-state index contributed by atoms with van der Waals surface area (Å²) in [6, 6.07) is 13.9. The monoisotopic (exact) mass is 448 g/mol. The van der Waals surface area contributed by atoms with Gasteiger partial charge in [-0.15, -0.1) is 11.3 Å². The SMILES string of the molecule is Cc1nc(NC(=O)COC(=O)c2cccc3c(=O)c(C)c(-c4ccccc4)oc23)sc1C. The Labute approximate surface area is 187 Å². The van der Waals surface area contributed by atoms with Crippen LogP contribution < -0.4 is 10.7 Å². The van der Waals surface area contributed by atoms with E-state index < -0.39 is 18.5 Å². The van der Waals surface area contributed by atoms with Gasteiger partial charge in [0.15, 0.2) is 22.8 Å². The van der Waals surface area contributed by atoms with Crippen LogP contribution in [-0.4, -0.2) is 23.5 Å². The first kappa shape index (κ1) is 21.5. The maximum absolute atomic E-state index is 12.9. The zero-order chi connectivity index (χ0) is 22.8. The highest BCUT2D eigenvalue weighted by molar-refractivity contribution is 7.15. The van der Waals surface area contributed by atoms with Crippen LogP contribution in [0.5, 0.6) is 0 Å². The number of carbonyl (C=O) groups is 2. The Hall–Kier alpha value is -3.78. The van der Waals surface area contributed by atoms with E-state index in [1.807, 2.05) is 44.2 Å². The molecule has 4 aromatic rings. The van der Waals surface area contributed by atoms with Gasteiger partial charge in [0, 0.05) is 16.0 Å². The van der Waals surface area contributed by atoms with E-state index in [4.69, 9.17) is 9.15 Å². The molecule has 0 bridgehead atoms. The lowest BCUT2D eigenvalue weighted by Gasteiger charge is -2.10. The fourth-order valence-electron chi connectivity index (χ4n) is 3.23. The van der Waals surface area contributed by atoms with Gasteiger partial charge in [0.2, 0.25) is 0 Å². The lowest BCUT2D eigenvalue weighted by Crippen LogP contribution is -2.21. The van der Waals surface area contributed by atoms with Crippen molar-refractivity contribution in [2.24, 2.45) is 0 Å². The highest BCUT2D eigenvalue weighted by atomic mass is 32.1. The number of aryl methyl sites for hydroxylation is 2. The predicted octanol–water partition coefficient (Wildman–Crippen LogP) is 4.64. The number of thiazole rings is 1. The molecule has 0 aliphatic heterocycles. The minimum Gasteiger partial charge on any atom is -0.455 e. The largest absolute Gasteiger partial charge is 0.455 e. The third-order valence-electron chi connectivity index (χ3n) is 5.01. The highest BCUT2D eigenvalue weighted by Crippen LogP contribution is 2.27. The molecular weight excluding hydrogens is 428 g/mol. The molecule has 0 spiro atoms. The Kier molecular flexibility index (Phi) is 5.87. The molecule has 0 aliphatic rings. The van der Waals surface area contributed by atoms with Gasteiger partial charge in [-0.2, -0.15) is 0 Å². The average Bonchev–Trinajstić information content (AvgIpc) is 3.11. The zero-order valence-corrected chi connectivity index (χ0v) is 18.5. The van der Waals surface area contributed by atoms with Crippen LogP contribution in [0.4, 0.5) is 5.13 Å². The summed E-state index contributed by atoms with van der Waals surface area (Å²) in [6.45, 7) is 4.95. The van der Waals surface area contributed by atoms with Crippen LogP contribution in [0.2, 0.25) is 0 Å². The number of amides is 1. The normalized spacial score (nSPS) is 10.8. The number of esters is 1. The molecule has 0 saturated heterocycles. The summed E-state index contributed by atoms with van der Waals surface area (Å²) in [4.78, 5) is 43.1. The molecule has 4 rings (SSSR count). The van der Waals surface area contributed by atoms with Crippen molar-refractivity contribution in [1.82, 2.24) is 4.98 Å². The Morgan fingerprint density at radius 1 is 1.06 bits per heavy atom. The second-order valence-electron chi connectivity index (χ2n) is 7.22. The number of aromatic nitrogens is 1. The first-order valence-electron chi connectivity index (χ1n) is 9.88. The van der Waals surface area contributed by atoms with Gasteiger partial charge >= 0.3 is 5.97 Å². The number of nitrogens with one attached hydrogen (secondary N) is 1. The summed E-state index contributed by atoms with van der Waals surface area (Å²) in [5.41, 5.74) is 1.97. The maximum atomic E-state index is 12.9. The number of benzene rings is 2. The van der Waals surface area contributed by atoms with E-state index in [1.54, 1.807) is 19.1 Å². The Morgan fingerprint density at radius 2 is 1.81 bits per heavy atom. The first-order valence-corrected chi connectivity index (χ1v) is 10.7. The average molecular weight is 449 g/mol. The van der Waals surface area contributed by atoms with Crippen LogP contribution in [0.1, 0.15) is 26.5 Å². The predicted molar refractivity (Wildman–Crippen MR) is 123 cm³/mol. The van der Waals surface area contributed by atoms with E-state index in [9.17, 15) is 14.4 Å². The van der Waals surface area contributed by atoms with Gasteiger partial charge in [-0.25, -0.2) is 9.78 Å². The molecule has 2 aromatic heterocycles. The Balaban J connectivity index is 1.60. The maximum Gasteiger partial charge on any atom is 0.342 e. The van der Waals surface area contributed by atoms with Gasteiger partial charge in [0.1, 0.15) is 11.3 Å². The van der Waals surface area contributed by atoms with Gasteiger partial charge in [-0.1, -0.05) is 36.4 Å². The first-order chi connectivity index (χ1) is 15.3. The van der Waals surface area contributed by atoms with Crippen LogP contribution >= 0.6 is 11.3 Å². The summed E-state index contributed by atoms with van der Waals surface area (Å²) in [5, 5.41) is 3.33. The Morgan fingerprint density at radius 3 is 2.50 bits per heavy atom. The van der Waals surface area contributed by atoms with Crippen molar-refractivity contribution >= 4 is 39.3 Å². The molecule has 8 heteroatoms. The minimum atomic E-state index is -0.761. The molecule has 0 saturated carbocycles. The molecule has 32 heavy (non-hydrogen) atoms. The molecule has 2 heterocycles. The summed E-state index contributed by atoms with van der Waals surface area (Å²) in [6.07, 6.45) is 0. The third-order valence-corrected chi connectivity index (χ3v) is 6.00. The van der Waals surface area contributed by atoms with Crippen LogP contribution in [0, 0.1) is 20.8 Å². The molecule has 0 unspecified atom stereocenters. The molecule has 162 valence electrons. The van der Waals surface area contributed by atoms with Crippen molar-refractivity contribution in [1.29, 1.82) is 0 Å². The van der Waals surface area contributed by atoms with Gasteiger partial charge in [-0.3, -0.25) is 14.9 Å². The van der Waals surface area contributed by atoms with Crippen LogP contribution in [0.15, 0.2) is 57.7 Å². The molecule has 0 fully saturated rings. The number of nitrogens with zero attached hydrogens (tertiary/aromatic N) is 1. The van der Waals surface area contributed by atoms with E-state index in [2.05, 4.69) is 10.3 Å². The number of rotatable bonds is 5. The summed E-state index contributed by atoms with van der Waals surface area (Å²) in [5.74, 6) is -0.881.